The molecule has 2 N–H and O–H groups in total. The highest BCUT2D eigenvalue weighted by Crippen LogP contribution is 2.39. The van der Waals surface area contributed by atoms with Crippen LogP contribution in [0.15, 0.2) is 30.5 Å². The van der Waals surface area contributed by atoms with Crippen molar-refractivity contribution in [1.29, 1.82) is 0 Å². The number of anilines is 1. The number of hydrogen-bond donors (Lipinski definition) is 1. The first-order valence-electron chi connectivity index (χ1n) is 8.28. The predicted molar refractivity (Wildman–Crippen MR) is 86.7 cm³/mol. The molecule has 1 aliphatic heterocycles. The van der Waals surface area contributed by atoms with Gasteiger partial charge in [-0.3, -0.25) is 4.98 Å². The molecule has 132 valence electrons. The van der Waals surface area contributed by atoms with Gasteiger partial charge in [-0.15, -0.1) is 10.2 Å². The number of fused-ring (bicyclic) bond motifs is 1. The third-order valence-corrected chi connectivity index (χ3v) is 5.11. The second-order valence-corrected chi connectivity index (χ2v) is 6.83. The summed E-state index contributed by atoms with van der Waals surface area (Å²) in [5, 5.41) is 8.18. The molecule has 2 aliphatic rings. The van der Waals surface area contributed by atoms with E-state index in [4.69, 9.17) is 5.73 Å². The van der Waals surface area contributed by atoms with E-state index in [1.165, 1.54) is 12.1 Å². The number of hydrogen-bond acceptors (Lipinski definition) is 5. The molecule has 0 radical (unpaired) electrons. The van der Waals surface area contributed by atoms with E-state index >= 15 is 0 Å². The number of nitrogens with zero attached hydrogens (tertiary/aromatic N) is 4. The molecule has 2 aromatic heterocycles. The van der Waals surface area contributed by atoms with Gasteiger partial charge in [0.15, 0.2) is 11.5 Å². The quantitative estimate of drug-likeness (QED) is 0.903. The van der Waals surface area contributed by atoms with Crippen LogP contribution in [0.1, 0.15) is 18.5 Å². The van der Waals surface area contributed by atoms with Gasteiger partial charge in [0.05, 0.1) is 5.69 Å². The Morgan fingerprint density at radius 3 is 2.36 bits per heavy atom. The highest BCUT2D eigenvalue weighted by atomic mass is 19.4. The molecule has 2 atom stereocenters. The van der Waals surface area contributed by atoms with E-state index in [1.54, 1.807) is 12.1 Å². The Kier molecular flexibility index (Phi) is 3.87. The van der Waals surface area contributed by atoms with Crippen LogP contribution in [0.5, 0.6) is 0 Å². The number of halogens is 3. The van der Waals surface area contributed by atoms with Gasteiger partial charge >= 0.3 is 6.18 Å². The summed E-state index contributed by atoms with van der Waals surface area (Å²) in [5.74, 6) is 1.85. The Hall–Kier alpha value is -2.22. The Morgan fingerprint density at radius 2 is 1.76 bits per heavy atom. The van der Waals surface area contributed by atoms with Crippen LogP contribution in [-0.2, 0) is 6.18 Å². The molecule has 8 heteroatoms. The lowest BCUT2D eigenvalue weighted by molar-refractivity contribution is -0.140. The molecule has 0 amide bonds. The largest absolute Gasteiger partial charge is 0.434 e. The molecule has 1 saturated carbocycles. The van der Waals surface area contributed by atoms with E-state index in [0.717, 1.165) is 32.1 Å². The summed E-state index contributed by atoms with van der Waals surface area (Å²) in [7, 11) is 0. The minimum Gasteiger partial charge on any atom is -0.355 e. The van der Waals surface area contributed by atoms with E-state index in [-0.39, 0.29) is 17.3 Å². The Labute approximate surface area is 143 Å². The van der Waals surface area contributed by atoms with Crippen LogP contribution in [-0.4, -0.2) is 34.3 Å². The van der Waals surface area contributed by atoms with E-state index in [0.29, 0.717) is 17.7 Å². The Bertz CT molecular complexity index is 748. The van der Waals surface area contributed by atoms with Crippen molar-refractivity contribution in [2.45, 2.75) is 25.1 Å². The molecule has 0 aromatic carbocycles. The summed E-state index contributed by atoms with van der Waals surface area (Å²) >= 11 is 0. The van der Waals surface area contributed by atoms with Gasteiger partial charge in [-0.1, -0.05) is 0 Å². The first kappa shape index (κ1) is 16.3. The zero-order valence-corrected chi connectivity index (χ0v) is 13.4. The third-order valence-electron chi connectivity index (χ3n) is 5.11. The fourth-order valence-electron chi connectivity index (χ4n) is 4.01. The SMILES string of the molecule is NC1C[C@@H]2CN(c3ccc(-c4cccnc4C(F)(F)F)nn3)C[C@H]2C1. The summed E-state index contributed by atoms with van der Waals surface area (Å²) in [6.07, 6.45) is -1.35. The van der Waals surface area contributed by atoms with Gasteiger partial charge in [-0.25, -0.2) is 0 Å². The van der Waals surface area contributed by atoms with E-state index in [1.807, 2.05) is 0 Å². The van der Waals surface area contributed by atoms with Crippen LogP contribution in [0.3, 0.4) is 0 Å². The lowest BCUT2D eigenvalue weighted by Gasteiger charge is -2.19. The van der Waals surface area contributed by atoms with Crippen LogP contribution >= 0.6 is 0 Å². The summed E-state index contributed by atoms with van der Waals surface area (Å²) in [5.41, 5.74) is 5.17. The molecule has 4 rings (SSSR count). The average molecular weight is 349 g/mol. The standard InChI is InChI=1S/C17H18F3N5/c18-17(19,20)16-13(2-1-5-22-16)14-3-4-15(24-23-14)25-8-10-6-12(21)7-11(10)9-25/h1-5,10-12H,6-9,21H2/t10-,11-/m1/s1. The summed E-state index contributed by atoms with van der Waals surface area (Å²) in [4.78, 5) is 5.60. The summed E-state index contributed by atoms with van der Waals surface area (Å²) in [6.45, 7) is 1.76. The second kappa shape index (κ2) is 5.94. The molecule has 2 fully saturated rings. The fraction of sp³-hybridized carbons (Fsp3) is 0.471. The van der Waals surface area contributed by atoms with Gasteiger partial charge in [0.2, 0.25) is 0 Å². The van der Waals surface area contributed by atoms with Crippen LogP contribution in [0.2, 0.25) is 0 Å². The molecular formula is C17H18F3N5. The van der Waals surface area contributed by atoms with Crippen molar-refractivity contribution in [1.82, 2.24) is 15.2 Å². The lowest BCUT2D eigenvalue weighted by atomic mass is 10.0. The number of nitrogens with two attached hydrogens (primary N) is 1. The fourth-order valence-corrected chi connectivity index (χ4v) is 4.01. The van der Waals surface area contributed by atoms with Crippen molar-refractivity contribution < 1.29 is 13.2 Å². The summed E-state index contributed by atoms with van der Waals surface area (Å²) < 4.78 is 39.3. The molecule has 25 heavy (non-hydrogen) atoms. The van der Waals surface area contributed by atoms with Gasteiger partial charge in [0.1, 0.15) is 0 Å². The van der Waals surface area contributed by atoms with Crippen LogP contribution in [0, 0.1) is 11.8 Å². The number of pyridine rings is 1. The van der Waals surface area contributed by atoms with Crippen molar-refractivity contribution in [3.05, 3.63) is 36.2 Å². The highest BCUT2D eigenvalue weighted by Gasteiger charge is 2.40. The first-order chi connectivity index (χ1) is 11.9. The number of rotatable bonds is 2. The number of alkyl halides is 3. The molecule has 1 saturated heterocycles. The molecule has 2 aromatic rings. The van der Waals surface area contributed by atoms with Gasteiger partial charge in [0, 0.05) is 30.9 Å². The second-order valence-electron chi connectivity index (χ2n) is 6.83. The number of aromatic nitrogens is 3. The minimum atomic E-state index is -4.53. The maximum absolute atomic E-state index is 13.1. The molecule has 3 heterocycles. The van der Waals surface area contributed by atoms with Gasteiger partial charge < -0.3 is 10.6 Å². The Morgan fingerprint density at radius 1 is 1.04 bits per heavy atom. The highest BCUT2D eigenvalue weighted by molar-refractivity contribution is 5.63. The van der Waals surface area contributed by atoms with E-state index in [9.17, 15) is 13.2 Å². The molecule has 0 unspecified atom stereocenters. The average Bonchev–Trinajstić information content (AvgIpc) is 3.11. The van der Waals surface area contributed by atoms with Crippen molar-refractivity contribution in [2.75, 3.05) is 18.0 Å². The van der Waals surface area contributed by atoms with Gasteiger partial charge in [-0.05, 0) is 48.9 Å². The van der Waals surface area contributed by atoms with Crippen LogP contribution < -0.4 is 10.6 Å². The molecule has 5 nitrogen and oxygen atoms in total. The van der Waals surface area contributed by atoms with E-state index in [2.05, 4.69) is 20.1 Å². The maximum atomic E-state index is 13.1. The van der Waals surface area contributed by atoms with Crippen molar-refractivity contribution in [3.63, 3.8) is 0 Å². The molecule has 0 spiro atoms. The first-order valence-corrected chi connectivity index (χ1v) is 8.28. The molecule has 0 bridgehead atoms. The van der Waals surface area contributed by atoms with E-state index < -0.39 is 11.9 Å². The maximum Gasteiger partial charge on any atom is 0.434 e. The van der Waals surface area contributed by atoms with Gasteiger partial charge in [0.25, 0.3) is 0 Å². The molecular weight excluding hydrogens is 331 g/mol. The third kappa shape index (κ3) is 3.06. The van der Waals surface area contributed by atoms with Gasteiger partial charge in [-0.2, -0.15) is 13.2 Å². The van der Waals surface area contributed by atoms with Crippen molar-refractivity contribution in [3.8, 4) is 11.3 Å². The summed E-state index contributed by atoms with van der Waals surface area (Å²) in [6, 6.07) is 6.42. The zero-order chi connectivity index (χ0) is 17.6. The van der Waals surface area contributed by atoms with Crippen molar-refractivity contribution in [2.24, 2.45) is 17.6 Å². The zero-order valence-electron chi connectivity index (χ0n) is 13.4. The lowest BCUT2D eigenvalue weighted by Crippen LogP contribution is -2.26. The normalized spacial score (nSPS) is 23.9. The minimum absolute atomic E-state index is 0.0571. The predicted octanol–water partition coefficient (Wildman–Crippen LogP) is 2.73. The van der Waals surface area contributed by atoms with Crippen LogP contribution in [0.4, 0.5) is 19.0 Å². The topological polar surface area (TPSA) is 67.9 Å². The molecule has 1 aliphatic carbocycles. The van der Waals surface area contributed by atoms with Crippen LogP contribution in [0.25, 0.3) is 11.3 Å². The monoisotopic (exact) mass is 349 g/mol. The smallest absolute Gasteiger partial charge is 0.355 e. The Balaban J connectivity index is 1.56. The van der Waals surface area contributed by atoms with Crippen molar-refractivity contribution >= 4 is 5.82 Å².